The molecule has 2 aromatic rings. The van der Waals surface area contributed by atoms with Crippen LogP contribution in [0.2, 0.25) is 0 Å². The molecule has 178 valence electrons. The van der Waals surface area contributed by atoms with Crippen LogP contribution in [-0.2, 0) is 16.1 Å². The van der Waals surface area contributed by atoms with Crippen molar-refractivity contribution in [1.82, 2.24) is 19.7 Å². The molecular weight excluding hydrogens is 466 g/mol. The first kappa shape index (κ1) is 22.8. The zero-order valence-electron chi connectivity index (χ0n) is 18.8. The highest BCUT2D eigenvalue weighted by molar-refractivity contribution is 7.11. The Bertz CT molecular complexity index is 1530. The molecule has 35 heavy (non-hydrogen) atoms. The molecule has 0 bridgehead atoms. The van der Waals surface area contributed by atoms with Gasteiger partial charge in [0.25, 0.3) is 5.56 Å². The average Bonchev–Trinajstić information content (AvgIpc) is 3.29. The van der Waals surface area contributed by atoms with Gasteiger partial charge in [-0.3, -0.25) is 20.1 Å². The van der Waals surface area contributed by atoms with E-state index in [1.807, 2.05) is 54.6 Å². The molecule has 2 N–H and O–H groups in total. The fraction of sp³-hybridized carbons (Fsp3) is 0.200. The van der Waals surface area contributed by atoms with Gasteiger partial charge in [0.05, 0.1) is 18.4 Å². The van der Waals surface area contributed by atoms with Crippen molar-refractivity contribution in [2.24, 2.45) is 0 Å². The molecule has 2 aromatic carbocycles. The van der Waals surface area contributed by atoms with Crippen molar-refractivity contribution in [3.8, 4) is 10.9 Å². The summed E-state index contributed by atoms with van der Waals surface area (Å²) >= 11 is 1.15. The van der Waals surface area contributed by atoms with Crippen LogP contribution in [0, 0.1) is 5.41 Å². The average molecular weight is 490 g/mol. The summed E-state index contributed by atoms with van der Waals surface area (Å²) in [7, 11) is 0. The third-order valence-electron chi connectivity index (χ3n) is 5.54. The van der Waals surface area contributed by atoms with Gasteiger partial charge in [-0.2, -0.15) is 4.98 Å². The smallest absolute Gasteiger partial charge is 0.283 e. The standard InChI is InChI=1S/C25H23N5O4S/c26-23-20(14-17-6-8-19(9-7-17)34-16-18-4-2-1-3-5-18)24(32)27-25-30(23)28-21(35-25)15-22(31)29-10-12-33-13-11-29/h1-9,14-15,26,28H,10-13,16H2/b20-14-,21-15+,26-23?. The van der Waals surface area contributed by atoms with Crippen LogP contribution >= 0.6 is 11.3 Å². The predicted octanol–water partition coefficient (Wildman–Crippen LogP) is 0.586. The van der Waals surface area contributed by atoms with E-state index in [2.05, 4.69) is 10.1 Å². The molecule has 3 aliphatic heterocycles. The number of hydrogen-bond acceptors (Lipinski definition) is 7. The highest BCUT2D eigenvalue weighted by atomic mass is 32.1. The van der Waals surface area contributed by atoms with Crippen LogP contribution in [0.5, 0.6) is 5.75 Å². The highest BCUT2D eigenvalue weighted by Crippen LogP contribution is 2.14. The molecule has 9 nitrogen and oxygen atoms in total. The second kappa shape index (κ2) is 10.1. The van der Waals surface area contributed by atoms with E-state index in [4.69, 9.17) is 14.9 Å². The molecule has 1 fully saturated rings. The summed E-state index contributed by atoms with van der Waals surface area (Å²) in [4.78, 5) is 31.0. The van der Waals surface area contributed by atoms with Gasteiger partial charge in [-0.1, -0.05) is 53.8 Å². The predicted molar refractivity (Wildman–Crippen MR) is 131 cm³/mol. The van der Waals surface area contributed by atoms with Crippen molar-refractivity contribution in [1.29, 1.82) is 5.41 Å². The van der Waals surface area contributed by atoms with E-state index in [1.165, 1.54) is 10.8 Å². The Morgan fingerprint density at radius 1 is 1.14 bits per heavy atom. The Labute approximate surface area is 204 Å². The lowest BCUT2D eigenvalue weighted by atomic mass is 10.2. The molecule has 3 aliphatic rings. The number of H-pyrrole nitrogens is 1. The van der Waals surface area contributed by atoms with E-state index in [1.54, 1.807) is 11.0 Å². The summed E-state index contributed by atoms with van der Waals surface area (Å²) in [5.41, 5.74) is 1.29. The zero-order chi connectivity index (χ0) is 24.2. The number of benzene rings is 2. The number of ether oxygens (including phenoxy) is 2. The maximum absolute atomic E-state index is 12.7. The van der Waals surface area contributed by atoms with E-state index < -0.39 is 5.56 Å². The molecule has 0 atom stereocenters. The number of aromatic amines is 1. The largest absolute Gasteiger partial charge is 0.489 e. The van der Waals surface area contributed by atoms with Crippen LogP contribution in [0.4, 0.5) is 0 Å². The molecule has 3 heterocycles. The van der Waals surface area contributed by atoms with Crippen LogP contribution in [0.25, 0.3) is 17.3 Å². The number of fused-ring (bicyclic) bond motifs is 1. The van der Waals surface area contributed by atoms with Gasteiger partial charge in [0.1, 0.15) is 17.0 Å². The molecule has 0 aliphatic carbocycles. The molecule has 1 saturated heterocycles. The molecule has 1 amide bonds. The maximum Gasteiger partial charge on any atom is 0.283 e. The van der Waals surface area contributed by atoms with E-state index in [9.17, 15) is 9.59 Å². The molecule has 10 heteroatoms. The van der Waals surface area contributed by atoms with E-state index in [0.717, 1.165) is 22.5 Å². The molecular formula is C25H23N5O4S. The van der Waals surface area contributed by atoms with Gasteiger partial charge < -0.3 is 14.4 Å². The number of aromatic nitrogens is 3. The quantitative estimate of drug-likeness (QED) is 0.426. The minimum Gasteiger partial charge on any atom is -0.489 e. The minimum atomic E-state index is -0.499. The van der Waals surface area contributed by atoms with Crippen molar-refractivity contribution in [2.75, 3.05) is 26.3 Å². The summed E-state index contributed by atoms with van der Waals surface area (Å²) in [6.07, 6.45) is 3.09. The summed E-state index contributed by atoms with van der Waals surface area (Å²) in [6, 6.07) is 17.2. The first-order chi connectivity index (χ1) is 17.1. The van der Waals surface area contributed by atoms with E-state index >= 15 is 0 Å². The highest BCUT2D eigenvalue weighted by Gasteiger charge is 2.16. The van der Waals surface area contributed by atoms with Crippen LogP contribution in [0.1, 0.15) is 11.1 Å². The second-order valence-corrected chi connectivity index (χ2v) is 8.95. The SMILES string of the molecule is N=c1/c(=C/c2ccc(OCc3ccccc3)cc2)c(=O)nc2s/c(=C/C(=O)N3CCOCC3)[nH]n1-2. The Morgan fingerprint density at radius 3 is 2.63 bits per heavy atom. The molecule has 0 saturated carbocycles. The van der Waals surface area contributed by atoms with Crippen molar-refractivity contribution in [3.05, 3.63) is 91.4 Å². The van der Waals surface area contributed by atoms with Crippen molar-refractivity contribution >= 4 is 29.4 Å². The van der Waals surface area contributed by atoms with E-state index in [0.29, 0.717) is 48.5 Å². The van der Waals surface area contributed by atoms with Gasteiger partial charge in [-0.25, -0.2) is 4.68 Å². The Morgan fingerprint density at radius 2 is 1.89 bits per heavy atom. The third kappa shape index (κ3) is 5.23. The fourth-order valence-electron chi connectivity index (χ4n) is 3.66. The minimum absolute atomic E-state index is 0.0286. The van der Waals surface area contributed by atoms with Gasteiger partial charge in [-0.15, -0.1) is 0 Å². The van der Waals surface area contributed by atoms with Crippen LogP contribution in [0.15, 0.2) is 59.4 Å². The number of amides is 1. The monoisotopic (exact) mass is 489 g/mol. The lowest BCUT2D eigenvalue weighted by Gasteiger charge is -2.25. The number of morpholine rings is 1. The Kier molecular flexibility index (Phi) is 6.55. The first-order valence-electron chi connectivity index (χ1n) is 11.1. The van der Waals surface area contributed by atoms with Gasteiger partial charge >= 0.3 is 0 Å². The fourth-order valence-corrected chi connectivity index (χ4v) is 4.52. The molecule has 0 radical (unpaired) electrons. The number of nitrogens with one attached hydrogen (secondary N) is 2. The van der Waals surface area contributed by atoms with Gasteiger partial charge in [-0.05, 0) is 29.3 Å². The number of carbonyl (C=O) groups is 1. The lowest BCUT2D eigenvalue weighted by molar-refractivity contribution is -0.128. The maximum atomic E-state index is 12.7. The molecule has 0 unspecified atom stereocenters. The van der Waals surface area contributed by atoms with Crippen LogP contribution in [0.3, 0.4) is 0 Å². The Balaban J connectivity index is 1.40. The number of carbonyl (C=O) groups excluding carboxylic acids is 1. The number of rotatable bonds is 5. The summed E-state index contributed by atoms with van der Waals surface area (Å²) in [5.74, 6) is 0.561. The zero-order valence-corrected chi connectivity index (χ0v) is 19.6. The van der Waals surface area contributed by atoms with Crippen molar-refractivity contribution in [3.63, 3.8) is 0 Å². The molecule has 0 spiro atoms. The summed E-state index contributed by atoms with van der Waals surface area (Å²) in [5, 5.41) is 12.0. The first-order valence-corrected chi connectivity index (χ1v) is 11.9. The Hall–Kier alpha value is -4.02. The summed E-state index contributed by atoms with van der Waals surface area (Å²) < 4.78 is 13.0. The normalized spacial score (nSPS) is 15.0. The van der Waals surface area contributed by atoms with Gasteiger partial charge in [0.15, 0.2) is 5.49 Å². The third-order valence-corrected chi connectivity index (χ3v) is 6.42. The molecule has 0 aromatic heterocycles. The van der Waals surface area contributed by atoms with Gasteiger partial charge in [0, 0.05) is 19.2 Å². The van der Waals surface area contributed by atoms with Crippen molar-refractivity contribution < 1.29 is 14.3 Å². The second-order valence-electron chi connectivity index (χ2n) is 7.94. The summed E-state index contributed by atoms with van der Waals surface area (Å²) in [6.45, 7) is 2.57. The molecule has 5 rings (SSSR count). The van der Waals surface area contributed by atoms with Crippen LogP contribution in [-0.4, -0.2) is 51.9 Å². The van der Waals surface area contributed by atoms with E-state index in [-0.39, 0.29) is 16.6 Å². The lowest BCUT2D eigenvalue weighted by Crippen LogP contribution is -2.47. The van der Waals surface area contributed by atoms with Crippen LogP contribution < -0.4 is 25.7 Å². The van der Waals surface area contributed by atoms with Crippen molar-refractivity contribution in [2.45, 2.75) is 6.61 Å². The number of hydrogen-bond donors (Lipinski definition) is 2. The topological polar surface area (TPSA) is 113 Å². The number of nitrogens with zero attached hydrogens (tertiary/aromatic N) is 3. The van der Waals surface area contributed by atoms with Gasteiger partial charge in [0.2, 0.25) is 11.0 Å².